The molecule has 0 bridgehead atoms. The lowest BCUT2D eigenvalue weighted by molar-refractivity contribution is 0.0696. The summed E-state index contributed by atoms with van der Waals surface area (Å²) in [7, 11) is 0. The molecule has 18 heavy (non-hydrogen) atoms. The minimum Gasteiger partial charge on any atom is -0.478 e. The van der Waals surface area contributed by atoms with E-state index in [9.17, 15) is 4.79 Å². The molecule has 1 aromatic carbocycles. The first-order chi connectivity index (χ1) is 8.61. The topological polar surface area (TPSA) is 40.5 Å². The molecule has 1 saturated heterocycles. The first kappa shape index (κ1) is 13.4. The molecule has 3 nitrogen and oxygen atoms in total. The van der Waals surface area contributed by atoms with E-state index >= 15 is 0 Å². The number of carboxylic acids is 1. The van der Waals surface area contributed by atoms with E-state index in [4.69, 9.17) is 5.11 Å². The number of carbonyl (C=O) groups is 1. The van der Waals surface area contributed by atoms with Gasteiger partial charge in [0.05, 0.1) is 5.56 Å². The van der Waals surface area contributed by atoms with Gasteiger partial charge in [0.15, 0.2) is 0 Å². The van der Waals surface area contributed by atoms with Gasteiger partial charge in [-0.2, -0.15) is 0 Å². The van der Waals surface area contributed by atoms with Gasteiger partial charge in [-0.15, -0.1) is 0 Å². The number of halogens is 1. The van der Waals surface area contributed by atoms with Crippen LogP contribution in [0.15, 0.2) is 22.7 Å². The van der Waals surface area contributed by atoms with E-state index in [0.29, 0.717) is 10.0 Å². The van der Waals surface area contributed by atoms with Crippen LogP contribution in [0.4, 0.5) is 5.69 Å². The highest BCUT2D eigenvalue weighted by Crippen LogP contribution is 2.29. The van der Waals surface area contributed by atoms with E-state index < -0.39 is 5.97 Å². The molecule has 2 rings (SSSR count). The molecular weight excluding hydrogens is 294 g/mol. The van der Waals surface area contributed by atoms with E-state index in [-0.39, 0.29) is 0 Å². The number of rotatable bonds is 4. The number of anilines is 1. The molecule has 1 heterocycles. The SMILES string of the molecule is CCCC1CCN(c2ccc(C(=O)O)c(Br)c2)C1. The Morgan fingerprint density at radius 1 is 1.56 bits per heavy atom. The lowest BCUT2D eigenvalue weighted by atomic mass is 10.0. The maximum absolute atomic E-state index is 10.9. The number of hydrogen-bond donors (Lipinski definition) is 1. The van der Waals surface area contributed by atoms with Crippen LogP contribution in [-0.4, -0.2) is 24.2 Å². The van der Waals surface area contributed by atoms with Gasteiger partial charge in [0, 0.05) is 23.2 Å². The van der Waals surface area contributed by atoms with Crippen molar-refractivity contribution in [3.8, 4) is 0 Å². The number of aromatic carboxylic acids is 1. The molecule has 0 saturated carbocycles. The van der Waals surface area contributed by atoms with Crippen LogP contribution in [0.2, 0.25) is 0 Å². The summed E-state index contributed by atoms with van der Waals surface area (Å²) in [4.78, 5) is 13.3. The molecule has 4 heteroatoms. The summed E-state index contributed by atoms with van der Waals surface area (Å²) < 4.78 is 0.659. The molecule has 1 fully saturated rings. The van der Waals surface area contributed by atoms with E-state index in [2.05, 4.69) is 27.8 Å². The third kappa shape index (κ3) is 2.86. The Bertz CT molecular complexity index is 447. The molecule has 1 atom stereocenters. The fourth-order valence-corrected chi connectivity index (χ4v) is 3.12. The van der Waals surface area contributed by atoms with E-state index in [1.807, 2.05) is 12.1 Å². The van der Waals surface area contributed by atoms with Gasteiger partial charge in [0.2, 0.25) is 0 Å². The van der Waals surface area contributed by atoms with Crippen molar-refractivity contribution in [2.45, 2.75) is 26.2 Å². The van der Waals surface area contributed by atoms with Crippen molar-refractivity contribution in [2.24, 2.45) is 5.92 Å². The first-order valence-electron chi connectivity index (χ1n) is 6.39. The molecule has 1 unspecified atom stereocenters. The number of benzene rings is 1. The third-order valence-electron chi connectivity index (χ3n) is 3.53. The van der Waals surface area contributed by atoms with Crippen molar-refractivity contribution in [3.05, 3.63) is 28.2 Å². The van der Waals surface area contributed by atoms with Crippen LogP contribution in [0.3, 0.4) is 0 Å². The quantitative estimate of drug-likeness (QED) is 0.920. The summed E-state index contributed by atoms with van der Waals surface area (Å²) in [6, 6.07) is 5.50. The van der Waals surface area contributed by atoms with Crippen molar-refractivity contribution in [1.29, 1.82) is 0 Å². The molecule has 1 aromatic rings. The van der Waals surface area contributed by atoms with Crippen LogP contribution in [0, 0.1) is 5.92 Å². The predicted octanol–water partition coefficient (Wildman–Crippen LogP) is 3.77. The van der Waals surface area contributed by atoms with Crippen molar-refractivity contribution < 1.29 is 9.90 Å². The molecular formula is C14H18BrNO2. The number of hydrogen-bond acceptors (Lipinski definition) is 2. The van der Waals surface area contributed by atoms with Crippen LogP contribution in [0.5, 0.6) is 0 Å². The molecule has 0 amide bonds. The Balaban J connectivity index is 2.11. The minimum absolute atomic E-state index is 0.322. The van der Waals surface area contributed by atoms with Gasteiger partial charge in [-0.25, -0.2) is 4.79 Å². The van der Waals surface area contributed by atoms with Gasteiger partial charge in [-0.1, -0.05) is 13.3 Å². The highest BCUT2D eigenvalue weighted by atomic mass is 79.9. The first-order valence-corrected chi connectivity index (χ1v) is 7.19. The van der Waals surface area contributed by atoms with Crippen molar-refractivity contribution >= 4 is 27.6 Å². The highest BCUT2D eigenvalue weighted by Gasteiger charge is 2.22. The lowest BCUT2D eigenvalue weighted by Gasteiger charge is -2.19. The Morgan fingerprint density at radius 2 is 2.33 bits per heavy atom. The van der Waals surface area contributed by atoms with Crippen LogP contribution in [0.25, 0.3) is 0 Å². The predicted molar refractivity (Wildman–Crippen MR) is 76.3 cm³/mol. The highest BCUT2D eigenvalue weighted by molar-refractivity contribution is 9.10. The summed E-state index contributed by atoms with van der Waals surface area (Å²) in [5, 5.41) is 8.99. The van der Waals surface area contributed by atoms with Crippen LogP contribution in [0.1, 0.15) is 36.5 Å². The molecule has 0 spiro atoms. The fourth-order valence-electron chi connectivity index (χ4n) is 2.59. The maximum Gasteiger partial charge on any atom is 0.336 e. The third-order valence-corrected chi connectivity index (χ3v) is 4.19. The molecule has 98 valence electrons. The zero-order chi connectivity index (χ0) is 13.1. The van der Waals surface area contributed by atoms with Gasteiger partial charge < -0.3 is 10.0 Å². The van der Waals surface area contributed by atoms with Gasteiger partial charge in [0.25, 0.3) is 0 Å². The Kier molecular flexibility index (Phi) is 4.27. The smallest absolute Gasteiger partial charge is 0.336 e. The summed E-state index contributed by atoms with van der Waals surface area (Å²) in [5.74, 6) is -0.105. The molecule has 1 aliphatic heterocycles. The largest absolute Gasteiger partial charge is 0.478 e. The van der Waals surface area contributed by atoms with Gasteiger partial charge in [-0.3, -0.25) is 0 Å². The van der Waals surface area contributed by atoms with E-state index in [1.54, 1.807) is 6.07 Å². The van der Waals surface area contributed by atoms with Crippen molar-refractivity contribution in [1.82, 2.24) is 0 Å². The van der Waals surface area contributed by atoms with E-state index in [0.717, 1.165) is 24.7 Å². The monoisotopic (exact) mass is 311 g/mol. The summed E-state index contributed by atoms with van der Waals surface area (Å²) in [5.41, 5.74) is 1.44. The molecule has 0 aliphatic carbocycles. The van der Waals surface area contributed by atoms with Gasteiger partial charge in [0.1, 0.15) is 0 Å². The summed E-state index contributed by atoms with van der Waals surface area (Å²) in [6.07, 6.45) is 3.76. The molecule has 0 aromatic heterocycles. The Labute approximate surface area is 116 Å². The zero-order valence-corrected chi connectivity index (χ0v) is 12.1. The fraction of sp³-hybridized carbons (Fsp3) is 0.500. The number of nitrogens with zero attached hydrogens (tertiary/aromatic N) is 1. The summed E-state index contributed by atoms with van der Waals surface area (Å²) in [6.45, 7) is 4.39. The average Bonchev–Trinajstić information content (AvgIpc) is 2.77. The second-order valence-electron chi connectivity index (χ2n) is 4.86. The van der Waals surface area contributed by atoms with Gasteiger partial charge in [-0.05, 0) is 52.9 Å². The zero-order valence-electron chi connectivity index (χ0n) is 10.5. The summed E-state index contributed by atoms with van der Waals surface area (Å²) >= 11 is 3.33. The van der Waals surface area contributed by atoms with E-state index in [1.165, 1.54) is 19.3 Å². The van der Waals surface area contributed by atoms with Crippen molar-refractivity contribution in [3.63, 3.8) is 0 Å². The van der Waals surface area contributed by atoms with Gasteiger partial charge >= 0.3 is 5.97 Å². The molecule has 1 N–H and O–H groups in total. The normalized spacial score (nSPS) is 19.2. The average molecular weight is 312 g/mol. The number of carboxylic acid groups (broad SMARTS) is 1. The second kappa shape index (κ2) is 5.74. The van der Waals surface area contributed by atoms with Crippen molar-refractivity contribution in [2.75, 3.05) is 18.0 Å². The molecule has 0 radical (unpaired) electrons. The Hall–Kier alpha value is -1.03. The maximum atomic E-state index is 10.9. The standard InChI is InChI=1S/C14H18BrNO2/c1-2-3-10-6-7-16(9-10)11-4-5-12(14(17)18)13(15)8-11/h4-5,8,10H,2-3,6-7,9H2,1H3,(H,17,18). The Morgan fingerprint density at radius 3 is 2.94 bits per heavy atom. The minimum atomic E-state index is -0.890. The lowest BCUT2D eigenvalue weighted by Crippen LogP contribution is -2.19. The molecule has 1 aliphatic rings. The van der Waals surface area contributed by atoms with Crippen LogP contribution < -0.4 is 4.90 Å². The second-order valence-corrected chi connectivity index (χ2v) is 5.71. The van der Waals surface area contributed by atoms with Crippen LogP contribution >= 0.6 is 15.9 Å². The van der Waals surface area contributed by atoms with Crippen LogP contribution in [-0.2, 0) is 0 Å².